The van der Waals surface area contributed by atoms with Gasteiger partial charge in [0.25, 0.3) is 0 Å². The van der Waals surface area contributed by atoms with E-state index in [0.717, 1.165) is 24.6 Å². The van der Waals surface area contributed by atoms with Crippen LogP contribution in [-0.2, 0) is 0 Å². The quantitative estimate of drug-likeness (QED) is 0.789. The molecule has 1 aromatic carbocycles. The first-order valence-corrected chi connectivity index (χ1v) is 5.73. The SMILES string of the molecule is CC1CCNc2nc(-c3ccccc3)cn21. The molecule has 0 saturated heterocycles. The average molecular weight is 213 g/mol. The number of aromatic nitrogens is 2. The number of nitrogens with one attached hydrogen (secondary N) is 1. The molecule has 1 aliphatic rings. The molecule has 0 spiro atoms. The molecule has 1 atom stereocenters. The lowest BCUT2D eigenvalue weighted by Crippen LogP contribution is -2.20. The van der Waals surface area contributed by atoms with E-state index in [1.54, 1.807) is 0 Å². The first-order chi connectivity index (χ1) is 7.84. The highest BCUT2D eigenvalue weighted by molar-refractivity contribution is 5.60. The van der Waals surface area contributed by atoms with E-state index in [0.29, 0.717) is 6.04 Å². The van der Waals surface area contributed by atoms with Gasteiger partial charge in [-0.1, -0.05) is 30.3 Å². The van der Waals surface area contributed by atoms with Gasteiger partial charge in [-0.3, -0.25) is 0 Å². The van der Waals surface area contributed by atoms with Crippen LogP contribution >= 0.6 is 0 Å². The Kier molecular flexibility index (Phi) is 2.17. The second-order valence-corrected chi connectivity index (χ2v) is 4.29. The highest BCUT2D eigenvalue weighted by Gasteiger charge is 2.17. The lowest BCUT2D eigenvalue weighted by molar-refractivity contribution is 0.498. The second kappa shape index (κ2) is 3.67. The summed E-state index contributed by atoms with van der Waals surface area (Å²) in [5.41, 5.74) is 2.23. The molecule has 0 saturated carbocycles. The van der Waals surface area contributed by atoms with Gasteiger partial charge in [-0.2, -0.15) is 0 Å². The van der Waals surface area contributed by atoms with Crippen LogP contribution in [-0.4, -0.2) is 16.1 Å². The number of rotatable bonds is 1. The normalized spacial score (nSPS) is 18.9. The summed E-state index contributed by atoms with van der Waals surface area (Å²) in [5.74, 6) is 0.998. The summed E-state index contributed by atoms with van der Waals surface area (Å²) in [4.78, 5) is 4.62. The van der Waals surface area contributed by atoms with Crippen molar-refractivity contribution in [3.8, 4) is 11.3 Å². The van der Waals surface area contributed by atoms with Crippen LogP contribution in [0.1, 0.15) is 19.4 Å². The number of anilines is 1. The van der Waals surface area contributed by atoms with Crippen LogP contribution in [0.5, 0.6) is 0 Å². The van der Waals surface area contributed by atoms with Crippen molar-refractivity contribution in [1.82, 2.24) is 9.55 Å². The maximum atomic E-state index is 4.62. The lowest BCUT2D eigenvalue weighted by Gasteiger charge is -2.22. The second-order valence-electron chi connectivity index (χ2n) is 4.29. The zero-order valence-corrected chi connectivity index (χ0v) is 9.35. The van der Waals surface area contributed by atoms with Gasteiger partial charge in [-0.25, -0.2) is 4.98 Å². The van der Waals surface area contributed by atoms with Crippen LogP contribution < -0.4 is 5.32 Å². The predicted molar refractivity (Wildman–Crippen MR) is 65.5 cm³/mol. The van der Waals surface area contributed by atoms with Gasteiger partial charge in [0.05, 0.1) is 5.69 Å². The highest BCUT2D eigenvalue weighted by Crippen LogP contribution is 2.27. The summed E-state index contributed by atoms with van der Waals surface area (Å²) >= 11 is 0. The predicted octanol–water partition coefficient (Wildman–Crippen LogP) is 2.93. The molecule has 3 nitrogen and oxygen atoms in total. The Morgan fingerprint density at radius 1 is 1.31 bits per heavy atom. The molecule has 0 bridgehead atoms. The van der Waals surface area contributed by atoms with Crippen molar-refractivity contribution in [2.24, 2.45) is 0 Å². The summed E-state index contributed by atoms with van der Waals surface area (Å²) < 4.78 is 2.23. The van der Waals surface area contributed by atoms with Crippen molar-refractivity contribution in [1.29, 1.82) is 0 Å². The molecule has 1 aliphatic heterocycles. The fourth-order valence-electron chi connectivity index (χ4n) is 2.14. The van der Waals surface area contributed by atoms with E-state index in [4.69, 9.17) is 0 Å². The summed E-state index contributed by atoms with van der Waals surface area (Å²) in [6.07, 6.45) is 3.30. The summed E-state index contributed by atoms with van der Waals surface area (Å²) in [5, 5.41) is 3.34. The van der Waals surface area contributed by atoms with Crippen LogP contribution in [0.3, 0.4) is 0 Å². The molecule has 0 fully saturated rings. The number of hydrogen-bond donors (Lipinski definition) is 1. The van der Waals surface area contributed by atoms with Crippen molar-refractivity contribution in [2.75, 3.05) is 11.9 Å². The first kappa shape index (κ1) is 9.46. The van der Waals surface area contributed by atoms with E-state index in [2.05, 4.69) is 40.1 Å². The Hall–Kier alpha value is -1.77. The summed E-state index contributed by atoms with van der Waals surface area (Å²) in [6.45, 7) is 3.26. The molecule has 3 rings (SSSR count). The van der Waals surface area contributed by atoms with E-state index < -0.39 is 0 Å². The molecule has 1 N–H and O–H groups in total. The highest BCUT2D eigenvalue weighted by atomic mass is 15.2. The van der Waals surface area contributed by atoms with Gasteiger partial charge in [0.15, 0.2) is 0 Å². The number of nitrogens with zero attached hydrogens (tertiary/aromatic N) is 2. The van der Waals surface area contributed by atoms with Gasteiger partial charge in [0, 0.05) is 24.3 Å². The zero-order valence-electron chi connectivity index (χ0n) is 9.35. The Labute approximate surface area is 95.1 Å². The van der Waals surface area contributed by atoms with Gasteiger partial charge in [-0.05, 0) is 13.3 Å². The molecule has 3 heteroatoms. The van der Waals surface area contributed by atoms with Gasteiger partial charge < -0.3 is 9.88 Å². The third-order valence-electron chi connectivity index (χ3n) is 3.12. The Balaban J connectivity index is 2.05. The molecular weight excluding hydrogens is 198 g/mol. The number of imidazole rings is 1. The van der Waals surface area contributed by atoms with Crippen LogP contribution in [0.15, 0.2) is 36.5 Å². The number of fused-ring (bicyclic) bond motifs is 1. The Bertz CT molecular complexity index is 487. The van der Waals surface area contributed by atoms with E-state index in [9.17, 15) is 0 Å². The first-order valence-electron chi connectivity index (χ1n) is 5.73. The summed E-state index contributed by atoms with van der Waals surface area (Å²) in [7, 11) is 0. The van der Waals surface area contributed by atoms with Crippen LogP contribution in [0.4, 0.5) is 5.95 Å². The topological polar surface area (TPSA) is 29.9 Å². The van der Waals surface area contributed by atoms with Crippen LogP contribution in [0, 0.1) is 0 Å². The van der Waals surface area contributed by atoms with Crippen molar-refractivity contribution in [2.45, 2.75) is 19.4 Å². The largest absolute Gasteiger partial charge is 0.356 e. The smallest absolute Gasteiger partial charge is 0.203 e. The fraction of sp³-hybridized carbons (Fsp3) is 0.308. The lowest BCUT2D eigenvalue weighted by atomic mass is 10.2. The van der Waals surface area contributed by atoms with E-state index in [1.165, 1.54) is 5.56 Å². The van der Waals surface area contributed by atoms with Crippen molar-refractivity contribution in [3.05, 3.63) is 36.5 Å². The third kappa shape index (κ3) is 1.48. The average Bonchev–Trinajstić information content (AvgIpc) is 2.76. The van der Waals surface area contributed by atoms with E-state index >= 15 is 0 Å². The van der Waals surface area contributed by atoms with E-state index in [1.807, 2.05) is 18.2 Å². The number of hydrogen-bond acceptors (Lipinski definition) is 2. The van der Waals surface area contributed by atoms with Crippen LogP contribution in [0.25, 0.3) is 11.3 Å². The summed E-state index contributed by atoms with van der Waals surface area (Å²) in [6, 6.07) is 10.9. The Morgan fingerprint density at radius 2 is 2.12 bits per heavy atom. The molecule has 0 amide bonds. The van der Waals surface area contributed by atoms with Crippen molar-refractivity contribution < 1.29 is 0 Å². The zero-order chi connectivity index (χ0) is 11.0. The maximum Gasteiger partial charge on any atom is 0.203 e. The molecule has 16 heavy (non-hydrogen) atoms. The van der Waals surface area contributed by atoms with Gasteiger partial charge in [0.1, 0.15) is 0 Å². The molecule has 1 unspecified atom stereocenters. The van der Waals surface area contributed by atoms with Crippen molar-refractivity contribution in [3.63, 3.8) is 0 Å². The molecule has 82 valence electrons. The molecule has 2 heterocycles. The van der Waals surface area contributed by atoms with Gasteiger partial charge >= 0.3 is 0 Å². The third-order valence-corrected chi connectivity index (χ3v) is 3.12. The molecule has 0 aliphatic carbocycles. The monoisotopic (exact) mass is 213 g/mol. The molecule has 0 radical (unpaired) electrons. The number of benzene rings is 1. The Morgan fingerprint density at radius 3 is 2.88 bits per heavy atom. The molecular formula is C13H15N3. The molecule has 1 aromatic heterocycles. The fourth-order valence-corrected chi connectivity index (χ4v) is 2.14. The van der Waals surface area contributed by atoms with Gasteiger partial charge in [-0.15, -0.1) is 0 Å². The van der Waals surface area contributed by atoms with Crippen molar-refractivity contribution >= 4 is 5.95 Å². The minimum absolute atomic E-state index is 0.543. The van der Waals surface area contributed by atoms with Gasteiger partial charge in [0.2, 0.25) is 5.95 Å². The maximum absolute atomic E-state index is 4.62. The minimum atomic E-state index is 0.543. The van der Waals surface area contributed by atoms with E-state index in [-0.39, 0.29) is 0 Å². The standard InChI is InChI=1S/C13H15N3/c1-10-7-8-14-13-15-12(9-16(10)13)11-5-3-2-4-6-11/h2-6,9-10H,7-8H2,1H3,(H,14,15). The minimum Gasteiger partial charge on any atom is -0.356 e. The van der Waals surface area contributed by atoms with Crippen LogP contribution in [0.2, 0.25) is 0 Å². The molecule has 2 aromatic rings.